The van der Waals surface area contributed by atoms with Gasteiger partial charge in [0.2, 0.25) is 10.0 Å². The highest BCUT2D eigenvalue weighted by atomic mass is 32.2. The maximum atomic E-state index is 12.1. The molecule has 0 aliphatic heterocycles. The molecule has 2 rings (SSSR count). The molecule has 0 radical (unpaired) electrons. The predicted octanol–water partition coefficient (Wildman–Crippen LogP) is 1.71. The summed E-state index contributed by atoms with van der Waals surface area (Å²) in [6, 6.07) is 0.132. The minimum Gasteiger partial charge on any atom is -0.269 e. The van der Waals surface area contributed by atoms with Gasteiger partial charge < -0.3 is 0 Å². The van der Waals surface area contributed by atoms with Gasteiger partial charge in [-0.2, -0.15) is 5.10 Å². The number of hydrogen-bond donors (Lipinski definition) is 1. The maximum Gasteiger partial charge on any atom is 0.244 e. The van der Waals surface area contributed by atoms with Crippen LogP contribution < -0.4 is 4.72 Å². The fourth-order valence-corrected chi connectivity index (χ4v) is 3.22. The maximum absolute atomic E-state index is 12.1. The van der Waals surface area contributed by atoms with Crippen LogP contribution in [0.2, 0.25) is 0 Å². The van der Waals surface area contributed by atoms with Gasteiger partial charge in [0.25, 0.3) is 0 Å². The summed E-state index contributed by atoms with van der Waals surface area (Å²) in [5, 5.41) is 4.03. The normalized spacial score (nSPS) is 12.2. The van der Waals surface area contributed by atoms with Gasteiger partial charge in [-0.1, -0.05) is 0 Å². The minimum absolute atomic E-state index is 0.132. The molecule has 6 nitrogen and oxygen atoms in total. The van der Waals surface area contributed by atoms with Crippen molar-refractivity contribution in [1.82, 2.24) is 19.5 Å². The molecule has 1 N–H and O–H groups in total. The van der Waals surface area contributed by atoms with Crippen LogP contribution in [-0.2, 0) is 16.6 Å². The fraction of sp³-hybridized carbons (Fsp3) is 0.455. The molecule has 104 valence electrons. The summed E-state index contributed by atoms with van der Waals surface area (Å²) in [5.74, 6) is 0. The Morgan fingerprint density at radius 2 is 2.21 bits per heavy atom. The lowest BCUT2D eigenvalue weighted by Gasteiger charge is -2.05. The Morgan fingerprint density at radius 1 is 1.47 bits per heavy atom. The highest BCUT2D eigenvalue weighted by molar-refractivity contribution is 7.89. The first-order valence-electron chi connectivity index (χ1n) is 5.83. The molecule has 0 spiro atoms. The second-order valence-electron chi connectivity index (χ2n) is 4.44. The molecule has 0 aliphatic carbocycles. The summed E-state index contributed by atoms with van der Waals surface area (Å²) in [4.78, 5) is 5.18. The van der Waals surface area contributed by atoms with Crippen LogP contribution in [0.5, 0.6) is 0 Å². The number of sulfonamides is 1. The first kappa shape index (κ1) is 14.2. The van der Waals surface area contributed by atoms with Crippen LogP contribution in [-0.4, -0.2) is 23.2 Å². The molecule has 0 bridgehead atoms. The van der Waals surface area contributed by atoms with E-state index in [0.717, 1.165) is 10.6 Å². The summed E-state index contributed by atoms with van der Waals surface area (Å²) < 4.78 is 28.4. The van der Waals surface area contributed by atoms with Gasteiger partial charge in [-0.05, 0) is 20.8 Å². The van der Waals surface area contributed by atoms with Crippen molar-refractivity contribution < 1.29 is 8.42 Å². The standard InChI is InChI=1S/C11H16N4O2S2/c1-8(2)15-6-10(4-13-15)19(16,17)14-5-11-9(3)12-7-18-11/h4,6-8,14H,5H2,1-3H3. The predicted molar refractivity (Wildman–Crippen MR) is 73.5 cm³/mol. The molecular weight excluding hydrogens is 284 g/mol. The quantitative estimate of drug-likeness (QED) is 0.912. The molecule has 2 aromatic rings. The van der Waals surface area contributed by atoms with Crippen LogP contribution >= 0.6 is 11.3 Å². The summed E-state index contributed by atoms with van der Waals surface area (Å²) >= 11 is 1.44. The van der Waals surface area contributed by atoms with Crippen LogP contribution in [0.1, 0.15) is 30.5 Å². The number of nitrogens with one attached hydrogen (secondary N) is 1. The van der Waals surface area contributed by atoms with Crippen LogP contribution in [0, 0.1) is 6.92 Å². The smallest absolute Gasteiger partial charge is 0.244 e. The number of hydrogen-bond acceptors (Lipinski definition) is 5. The van der Waals surface area contributed by atoms with Gasteiger partial charge in [-0.15, -0.1) is 11.3 Å². The van der Waals surface area contributed by atoms with Gasteiger partial charge in [0.1, 0.15) is 4.90 Å². The van der Waals surface area contributed by atoms with Crippen molar-refractivity contribution >= 4 is 21.4 Å². The van der Waals surface area contributed by atoms with Crippen molar-refractivity contribution in [2.24, 2.45) is 0 Å². The van der Waals surface area contributed by atoms with E-state index in [1.807, 2.05) is 20.8 Å². The second kappa shape index (κ2) is 5.40. The minimum atomic E-state index is -3.52. The fourth-order valence-electron chi connectivity index (χ4n) is 1.48. The molecule has 0 unspecified atom stereocenters. The number of rotatable bonds is 5. The van der Waals surface area contributed by atoms with Crippen LogP contribution in [0.3, 0.4) is 0 Å². The highest BCUT2D eigenvalue weighted by Gasteiger charge is 2.17. The molecule has 0 atom stereocenters. The van der Waals surface area contributed by atoms with Crippen molar-refractivity contribution in [2.45, 2.75) is 38.3 Å². The monoisotopic (exact) mass is 300 g/mol. The largest absolute Gasteiger partial charge is 0.269 e. The van der Waals surface area contributed by atoms with Gasteiger partial charge in [0.15, 0.2) is 0 Å². The van der Waals surface area contributed by atoms with E-state index in [1.54, 1.807) is 10.2 Å². The van der Waals surface area contributed by atoms with E-state index in [4.69, 9.17) is 0 Å². The first-order valence-corrected chi connectivity index (χ1v) is 8.19. The second-order valence-corrected chi connectivity index (χ2v) is 7.14. The third-order valence-electron chi connectivity index (χ3n) is 2.68. The molecular formula is C11H16N4O2S2. The number of aromatic nitrogens is 3. The molecule has 19 heavy (non-hydrogen) atoms. The Kier molecular flexibility index (Phi) is 4.02. The lowest BCUT2D eigenvalue weighted by atomic mass is 10.4. The van der Waals surface area contributed by atoms with E-state index in [-0.39, 0.29) is 17.5 Å². The van der Waals surface area contributed by atoms with Crippen LogP contribution in [0.15, 0.2) is 22.8 Å². The van der Waals surface area contributed by atoms with Crippen molar-refractivity contribution in [2.75, 3.05) is 0 Å². The van der Waals surface area contributed by atoms with E-state index in [2.05, 4.69) is 14.8 Å². The Labute approximate surface area is 116 Å². The van der Waals surface area contributed by atoms with Gasteiger partial charge >= 0.3 is 0 Å². The SMILES string of the molecule is Cc1ncsc1CNS(=O)(=O)c1cnn(C(C)C)c1. The van der Waals surface area contributed by atoms with E-state index in [9.17, 15) is 8.42 Å². The Bertz CT molecular complexity index is 658. The van der Waals surface area contributed by atoms with Crippen molar-refractivity contribution in [1.29, 1.82) is 0 Å². The average molecular weight is 300 g/mol. The van der Waals surface area contributed by atoms with Crippen LogP contribution in [0.4, 0.5) is 0 Å². The summed E-state index contributed by atoms with van der Waals surface area (Å²) in [6.45, 7) is 6.00. The zero-order chi connectivity index (χ0) is 14.0. The third-order valence-corrected chi connectivity index (χ3v) is 4.98. The Hall–Kier alpha value is -1.25. The summed E-state index contributed by atoms with van der Waals surface area (Å²) in [7, 11) is -3.52. The van der Waals surface area contributed by atoms with Crippen molar-refractivity contribution in [3.8, 4) is 0 Å². The number of aryl methyl sites for hydroxylation is 1. The Morgan fingerprint density at radius 3 is 2.74 bits per heavy atom. The van der Waals surface area contributed by atoms with Gasteiger partial charge in [0.05, 0.1) is 17.4 Å². The van der Waals surface area contributed by atoms with E-state index in [1.165, 1.54) is 23.7 Å². The molecule has 0 aromatic carbocycles. The molecule has 0 fully saturated rings. The van der Waals surface area contributed by atoms with Crippen molar-refractivity contribution in [3.05, 3.63) is 28.5 Å². The molecule has 2 aromatic heterocycles. The molecule has 2 heterocycles. The lowest BCUT2D eigenvalue weighted by Crippen LogP contribution is -2.22. The van der Waals surface area contributed by atoms with Gasteiger partial charge in [0, 0.05) is 23.7 Å². The molecule has 0 saturated carbocycles. The van der Waals surface area contributed by atoms with E-state index in [0.29, 0.717) is 0 Å². The molecule has 0 amide bonds. The highest BCUT2D eigenvalue weighted by Crippen LogP contribution is 2.14. The number of thiazole rings is 1. The van der Waals surface area contributed by atoms with Crippen LogP contribution in [0.25, 0.3) is 0 Å². The topological polar surface area (TPSA) is 76.9 Å². The van der Waals surface area contributed by atoms with E-state index < -0.39 is 10.0 Å². The first-order chi connectivity index (χ1) is 8.90. The summed E-state index contributed by atoms with van der Waals surface area (Å²) in [6.07, 6.45) is 2.90. The zero-order valence-electron chi connectivity index (χ0n) is 11.0. The number of nitrogens with zero attached hydrogens (tertiary/aromatic N) is 3. The Balaban J connectivity index is 2.11. The zero-order valence-corrected chi connectivity index (χ0v) is 12.6. The van der Waals surface area contributed by atoms with E-state index >= 15 is 0 Å². The van der Waals surface area contributed by atoms with Gasteiger partial charge in [-0.25, -0.2) is 18.1 Å². The van der Waals surface area contributed by atoms with Crippen molar-refractivity contribution in [3.63, 3.8) is 0 Å². The summed E-state index contributed by atoms with van der Waals surface area (Å²) in [5.41, 5.74) is 2.56. The molecule has 0 saturated heterocycles. The average Bonchev–Trinajstić information content (AvgIpc) is 2.95. The third kappa shape index (κ3) is 3.20. The lowest BCUT2D eigenvalue weighted by molar-refractivity contribution is 0.531. The molecule has 0 aliphatic rings. The van der Waals surface area contributed by atoms with Gasteiger partial charge in [-0.3, -0.25) is 4.68 Å². The molecule has 8 heteroatoms.